The number of carbonyl (C=O) groups excluding carboxylic acids is 1. The fraction of sp³-hybridized carbons (Fsp3) is 0.727. The molecule has 1 rings (SSSR count). The predicted molar refractivity (Wildman–Crippen MR) is 50.8 cm³/mol. The van der Waals surface area contributed by atoms with Gasteiger partial charge in [0.15, 0.2) is 0 Å². The zero-order valence-electron chi connectivity index (χ0n) is 8.42. The van der Waals surface area contributed by atoms with Crippen LogP contribution in [0.15, 0.2) is 12.7 Å². The molecule has 0 aromatic carbocycles. The number of ketones is 1. The normalized spacial score (nSPS) is 31.8. The Kier molecular flexibility index (Phi) is 2.15. The quantitative estimate of drug-likeness (QED) is 0.589. The van der Waals surface area contributed by atoms with Gasteiger partial charge >= 0.3 is 0 Å². The highest BCUT2D eigenvalue weighted by Gasteiger charge is 2.59. The van der Waals surface area contributed by atoms with E-state index in [1.807, 2.05) is 19.9 Å². The molecular formula is C11H18O. The van der Waals surface area contributed by atoms with Gasteiger partial charge in [0, 0.05) is 11.8 Å². The molecule has 1 saturated carbocycles. The first-order valence-corrected chi connectivity index (χ1v) is 4.59. The van der Waals surface area contributed by atoms with E-state index in [1.165, 1.54) is 0 Å². The molecule has 0 saturated heterocycles. The SMILES string of the molecule is C=C[C@H]1[C@H](C(=O)C(C)C)C1(C)C. The lowest BCUT2D eigenvalue weighted by Gasteiger charge is -2.04. The van der Waals surface area contributed by atoms with E-state index in [1.54, 1.807) is 0 Å². The summed E-state index contributed by atoms with van der Waals surface area (Å²) in [5.41, 5.74) is 0.170. The van der Waals surface area contributed by atoms with Crippen molar-refractivity contribution in [2.45, 2.75) is 27.7 Å². The van der Waals surface area contributed by atoms with E-state index in [9.17, 15) is 4.79 Å². The highest BCUT2D eigenvalue weighted by atomic mass is 16.1. The van der Waals surface area contributed by atoms with E-state index < -0.39 is 0 Å². The van der Waals surface area contributed by atoms with Crippen molar-refractivity contribution in [1.29, 1.82) is 0 Å². The summed E-state index contributed by atoms with van der Waals surface area (Å²) in [4.78, 5) is 11.6. The summed E-state index contributed by atoms with van der Waals surface area (Å²) in [5, 5.41) is 0. The van der Waals surface area contributed by atoms with Gasteiger partial charge in [-0.05, 0) is 11.3 Å². The standard InChI is InChI=1S/C11H18O/c1-6-8-9(11(8,4)5)10(12)7(2)3/h6-9H,1H2,2-5H3/t8-,9+/m0/s1. The third-order valence-electron chi connectivity index (χ3n) is 3.04. The summed E-state index contributed by atoms with van der Waals surface area (Å²) in [7, 11) is 0. The topological polar surface area (TPSA) is 17.1 Å². The average Bonchev–Trinajstić information content (AvgIpc) is 2.50. The van der Waals surface area contributed by atoms with Crippen molar-refractivity contribution in [1.82, 2.24) is 0 Å². The summed E-state index contributed by atoms with van der Waals surface area (Å²) < 4.78 is 0. The number of hydrogen-bond donors (Lipinski definition) is 0. The van der Waals surface area contributed by atoms with Gasteiger partial charge in [-0.15, -0.1) is 6.58 Å². The molecule has 1 fully saturated rings. The largest absolute Gasteiger partial charge is 0.299 e. The van der Waals surface area contributed by atoms with Crippen molar-refractivity contribution in [3.05, 3.63) is 12.7 Å². The lowest BCUT2D eigenvalue weighted by molar-refractivity contribution is -0.123. The van der Waals surface area contributed by atoms with Gasteiger partial charge < -0.3 is 0 Å². The maximum atomic E-state index is 11.6. The van der Waals surface area contributed by atoms with Crippen molar-refractivity contribution >= 4 is 5.78 Å². The second-order valence-electron chi connectivity index (χ2n) is 4.62. The average molecular weight is 166 g/mol. The van der Waals surface area contributed by atoms with Crippen LogP contribution in [0.2, 0.25) is 0 Å². The Morgan fingerprint density at radius 2 is 2.00 bits per heavy atom. The van der Waals surface area contributed by atoms with Crippen molar-refractivity contribution in [3.8, 4) is 0 Å². The molecule has 0 amide bonds. The molecule has 0 unspecified atom stereocenters. The van der Waals surface area contributed by atoms with Crippen LogP contribution in [0.3, 0.4) is 0 Å². The Morgan fingerprint density at radius 1 is 1.50 bits per heavy atom. The summed E-state index contributed by atoms with van der Waals surface area (Å²) in [6, 6.07) is 0. The lowest BCUT2D eigenvalue weighted by atomic mass is 9.99. The van der Waals surface area contributed by atoms with Gasteiger partial charge in [-0.25, -0.2) is 0 Å². The molecule has 0 spiro atoms. The summed E-state index contributed by atoms with van der Waals surface area (Å²) in [6.45, 7) is 12.0. The number of rotatable bonds is 3. The van der Waals surface area contributed by atoms with Crippen LogP contribution in [0, 0.1) is 23.2 Å². The van der Waals surface area contributed by atoms with Crippen LogP contribution in [0.1, 0.15) is 27.7 Å². The van der Waals surface area contributed by atoms with Crippen LogP contribution in [-0.2, 0) is 4.79 Å². The first kappa shape index (κ1) is 9.50. The van der Waals surface area contributed by atoms with E-state index in [4.69, 9.17) is 0 Å². The molecule has 68 valence electrons. The Morgan fingerprint density at radius 3 is 2.25 bits per heavy atom. The summed E-state index contributed by atoms with van der Waals surface area (Å²) >= 11 is 0. The minimum absolute atomic E-state index is 0.166. The lowest BCUT2D eigenvalue weighted by Crippen LogP contribution is -2.12. The third-order valence-corrected chi connectivity index (χ3v) is 3.04. The van der Waals surface area contributed by atoms with Crippen molar-refractivity contribution in [2.24, 2.45) is 23.2 Å². The van der Waals surface area contributed by atoms with Crippen molar-refractivity contribution in [3.63, 3.8) is 0 Å². The van der Waals surface area contributed by atoms with Gasteiger partial charge in [-0.2, -0.15) is 0 Å². The molecule has 1 nitrogen and oxygen atoms in total. The molecule has 0 aromatic heterocycles. The molecule has 0 bridgehead atoms. The first-order valence-electron chi connectivity index (χ1n) is 4.59. The smallest absolute Gasteiger partial charge is 0.139 e. The van der Waals surface area contributed by atoms with Gasteiger partial charge in [0.2, 0.25) is 0 Å². The molecule has 0 aliphatic heterocycles. The zero-order valence-corrected chi connectivity index (χ0v) is 8.42. The molecule has 1 aliphatic carbocycles. The predicted octanol–water partition coefficient (Wildman–Crippen LogP) is 2.67. The second kappa shape index (κ2) is 2.72. The highest BCUT2D eigenvalue weighted by molar-refractivity contribution is 5.87. The third kappa shape index (κ3) is 1.21. The van der Waals surface area contributed by atoms with Gasteiger partial charge in [0.25, 0.3) is 0 Å². The summed E-state index contributed by atoms with van der Waals surface area (Å²) in [6.07, 6.45) is 1.92. The fourth-order valence-electron chi connectivity index (χ4n) is 2.02. The van der Waals surface area contributed by atoms with Crippen LogP contribution in [0.5, 0.6) is 0 Å². The Hall–Kier alpha value is -0.590. The maximum Gasteiger partial charge on any atom is 0.139 e. The molecule has 12 heavy (non-hydrogen) atoms. The number of hydrogen-bond acceptors (Lipinski definition) is 1. The zero-order chi connectivity index (χ0) is 9.52. The van der Waals surface area contributed by atoms with Crippen molar-refractivity contribution in [2.75, 3.05) is 0 Å². The van der Waals surface area contributed by atoms with Gasteiger partial charge in [0.05, 0.1) is 0 Å². The minimum atomic E-state index is 0.166. The second-order valence-corrected chi connectivity index (χ2v) is 4.62. The molecular weight excluding hydrogens is 148 g/mol. The summed E-state index contributed by atoms with van der Waals surface area (Å²) in [5.74, 6) is 1.20. The van der Waals surface area contributed by atoms with Gasteiger partial charge in [0.1, 0.15) is 5.78 Å². The Bertz CT molecular complexity index is 213. The van der Waals surface area contributed by atoms with E-state index >= 15 is 0 Å². The van der Waals surface area contributed by atoms with E-state index in [-0.39, 0.29) is 17.3 Å². The molecule has 2 atom stereocenters. The van der Waals surface area contributed by atoms with Crippen LogP contribution in [0.4, 0.5) is 0 Å². The van der Waals surface area contributed by atoms with Gasteiger partial charge in [-0.1, -0.05) is 33.8 Å². The Balaban J connectivity index is 2.69. The molecule has 0 heterocycles. The molecule has 0 aromatic rings. The maximum absolute atomic E-state index is 11.6. The number of Topliss-reactive ketones (excluding diaryl/α,β-unsaturated/α-hetero) is 1. The molecule has 0 radical (unpaired) electrons. The van der Waals surface area contributed by atoms with E-state index in [2.05, 4.69) is 20.4 Å². The van der Waals surface area contributed by atoms with Crippen LogP contribution >= 0.6 is 0 Å². The molecule has 0 N–H and O–H groups in total. The molecule has 1 aliphatic rings. The fourth-order valence-corrected chi connectivity index (χ4v) is 2.02. The monoisotopic (exact) mass is 166 g/mol. The van der Waals surface area contributed by atoms with Gasteiger partial charge in [-0.3, -0.25) is 4.79 Å². The first-order chi connectivity index (χ1) is 5.42. The van der Waals surface area contributed by atoms with Crippen LogP contribution in [0.25, 0.3) is 0 Å². The van der Waals surface area contributed by atoms with E-state index in [0.717, 1.165) is 0 Å². The minimum Gasteiger partial charge on any atom is -0.299 e. The van der Waals surface area contributed by atoms with E-state index in [0.29, 0.717) is 11.7 Å². The van der Waals surface area contributed by atoms with Crippen molar-refractivity contribution < 1.29 is 4.79 Å². The Labute approximate surface area is 74.9 Å². The number of allylic oxidation sites excluding steroid dienone is 1. The highest BCUT2D eigenvalue weighted by Crippen LogP contribution is 2.59. The number of carbonyl (C=O) groups is 1. The van der Waals surface area contributed by atoms with Crippen LogP contribution in [-0.4, -0.2) is 5.78 Å². The molecule has 1 heteroatoms. The van der Waals surface area contributed by atoms with Crippen LogP contribution < -0.4 is 0 Å².